The minimum Gasteiger partial charge on any atom is -0.508 e. The first-order valence-corrected chi connectivity index (χ1v) is 13.6. The van der Waals surface area contributed by atoms with E-state index in [1.165, 1.54) is 17.0 Å². The smallest absolute Gasteiger partial charge is 0.300 e. The number of phenols is 1. The number of aromatic hydroxyl groups is 1. The third-order valence-electron chi connectivity index (χ3n) is 6.89. The molecule has 0 saturated carbocycles. The minimum atomic E-state index is -0.915. The Morgan fingerprint density at radius 2 is 1.41 bits per heavy atom. The lowest BCUT2D eigenvalue weighted by Gasteiger charge is -2.25. The first-order chi connectivity index (χ1) is 20.0. The molecule has 7 nitrogen and oxygen atoms in total. The Morgan fingerprint density at radius 1 is 0.780 bits per heavy atom. The number of carbonyl (C=O) groups is 2. The second-order valence-corrected chi connectivity index (χ2v) is 9.75. The number of carbonyl (C=O) groups excluding carboxylic acids is 2. The summed E-state index contributed by atoms with van der Waals surface area (Å²) in [6, 6.07) is 28.3. The number of phenolic OH excluding ortho intramolecular Hbond substituents is 1. The van der Waals surface area contributed by atoms with Gasteiger partial charge in [-0.15, -0.1) is 0 Å². The lowest BCUT2D eigenvalue weighted by atomic mass is 9.95. The molecule has 0 aromatic heterocycles. The van der Waals surface area contributed by atoms with Crippen LogP contribution in [-0.2, 0) is 9.59 Å². The van der Waals surface area contributed by atoms with Gasteiger partial charge in [0.25, 0.3) is 11.7 Å². The van der Waals surface area contributed by atoms with Gasteiger partial charge in [0.1, 0.15) is 28.8 Å². The molecule has 1 unspecified atom stereocenters. The van der Waals surface area contributed by atoms with E-state index in [2.05, 4.69) is 6.92 Å². The number of hydrogen-bond acceptors (Lipinski definition) is 6. The molecule has 1 fully saturated rings. The zero-order valence-electron chi connectivity index (χ0n) is 22.7. The van der Waals surface area contributed by atoms with E-state index in [0.717, 1.165) is 19.3 Å². The quantitative estimate of drug-likeness (QED) is 0.0927. The molecule has 0 spiro atoms. The minimum absolute atomic E-state index is 0.0399. The van der Waals surface area contributed by atoms with Crippen molar-refractivity contribution in [3.8, 4) is 23.0 Å². The van der Waals surface area contributed by atoms with Crippen molar-refractivity contribution in [2.24, 2.45) is 0 Å². The maximum absolute atomic E-state index is 13.4. The van der Waals surface area contributed by atoms with Crippen LogP contribution in [0.4, 0.5) is 5.69 Å². The van der Waals surface area contributed by atoms with E-state index < -0.39 is 17.7 Å². The summed E-state index contributed by atoms with van der Waals surface area (Å²) in [5.74, 6) is 0.0818. The van der Waals surface area contributed by atoms with E-state index in [4.69, 9.17) is 9.47 Å². The number of para-hydroxylation sites is 1. The number of ketones is 1. The maximum Gasteiger partial charge on any atom is 0.300 e. The Labute approximate surface area is 238 Å². The highest BCUT2D eigenvalue weighted by molar-refractivity contribution is 6.51. The molecule has 5 rings (SSSR count). The highest BCUT2D eigenvalue weighted by atomic mass is 16.5. The SMILES string of the molecule is CCCCCOc1ccc(/C(O)=C2\C(=O)C(=O)N(c3ccc(Oc4ccccc4)cc3)C2c2ccc(O)cc2)cc1. The van der Waals surface area contributed by atoms with Crippen LogP contribution in [0.1, 0.15) is 43.4 Å². The van der Waals surface area contributed by atoms with Crippen LogP contribution in [0.5, 0.6) is 23.0 Å². The molecule has 0 aliphatic carbocycles. The molecule has 1 amide bonds. The highest BCUT2D eigenvalue weighted by Crippen LogP contribution is 2.43. The summed E-state index contributed by atoms with van der Waals surface area (Å²) in [5, 5.41) is 21.2. The van der Waals surface area contributed by atoms with Gasteiger partial charge in [0.15, 0.2) is 0 Å². The molecule has 41 heavy (non-hydrogen) atoms. The van der Waals surface area contributed by atoms with Gasteiger partial charge in [-0.05, 0) is 84.8 Å². The highest BCUT2D eigenvalue weighted by Gasteiger charge is 2.47. The van der Waals surface area contributed by atoms with E-state index in [1.807, 2.05) is 30.3 Å². The van der Waals surface area contributed by atoms with Gasteiger partial charge in [0.2, 0.25) is 0 Å². The number of Topliss-reactive ketones (excluding diaryl/α,β-unsaturated/α-hetero) is 1. The van der Waals surface area contributed by atoms with Gasteiger partial charge in [-0.25, -0.2) is 0 Å². The van der Waals surface area contributed by atoms with Crippen molar-refractivity contribution in [3.05, 3.63) is 120 Å². The Kier molecular flexibility index (Phi) is 8.34. The molecule has 1 aliphatic rings. The first-order valence-electron chi connectivity index (χ1n) is 13.6. The lowest BCUT2D eigenvalue weighted by Crippen LogP contribution is -2.29. The molecule has 1 saturated heterocycles. The Hall–Kier alpha value is -5.04. The van der Waals surface area contributed by atoms with Gasteiger partial charge in [-0.1, -0.05) is 50.1 Å². The molecule has 4 aromatic rings. The van der Waals surface area contributed by atoms with Crippen molar-refractivity contribution in [1.29, 1.82) is 0 Å². The number of aliphatic hydroxyl groups is 1. The fourth-order valence-electron chi connectivity index (χ4n) is 4.78. The van der Waals surface area contributed by atoms with E-state index >= 15 is 0 Å². The lowest BCUT2D eigenvalue weighted by molar-refractivity contribution is -0.132. The first kappa shape index (κ1) is 27.5. The molecular weight excluding hydrogens is 518 g/mol. The van der Waals surface area contributed by atoms with Crippen LogP contribution >= 0.6 is 0 Å². The molecule has 2 N–H and O–H groups in total. The number of anilines is 1. The molecule has 7 heteroatoms. The van der Waals surface area contributed by atoms with Crippen LogP contribution in [0.15, 0.2) is 109 Å². The van der Waals surface area contributed by atoms with Crippen LogP contribution in [0.2, 0.25) is 0 Å². The van der Waals surface area contributed by atoms with Gasteiger partial charge in [-0.2, -0.15) is 0 Å². The number of nitrogens with zero attached hydrogens (tertiary/aromatic N) is 1. The monoisotopic (exact) mass is 549 g/mol. The van der Waals surface area contributed by atoms with Crippen LogP contribution in [-0.4, -0.2) is 28.5 Å². The number of ether oxygens (including phenoxy) is 2. The van der Waals surface area contributed by atoms with Gasteiger partial charge in [0.05, 0.1) is 18.2 Å². The summed E-state index contributed by atoms with van der Waals surface area (Å²) in [6.07, 6.45) is 3.13. The van der Waals surface area contributed by atoms with Crippen LogP contribution in [0.25, 0.3) is 5.76 Å². The number of benzene rings is 4. The van der Waals surface area contributed by atoms with Crippen molar-refractivity contribution in [2.45, 2.75) is 32.2 Å². The maximum atomic E-state index is 13.4. The molecule has 1 aliphatic heterocycles. The molecule has 0 bridgehead atoms. The standard InChI is InChI=1S/C34H31NO6/c1-2-3-7-22-40-27-18-12-24(13-19-27)32(37)30-31(23-10-16-26(36)17-11-23)35(34(39)33(30)38)25-14-20-29(21-15-25)41-28-8-5-4-6-9-28/h4-6,8-21,31,36-37H,2-3,7,22H2,1H3/b32-30+. The zero-order chi connectivity index (χ0) is 28.8. The summed E-state index contributed by atoms with van der Waals surface area (Å²) < 4.78 is 11.6. The summed E-state index contributed by atoms with van der Waals surface area (Å²) >= 11 is 0. The molecular formula is C34H31NO6. The number of rotatable bonds is 10. The van der Waals surface area contributed by atoms with Crippen molar-refractivity contribution >= 4 is 23.1 Å². The van der Waals surface area contributed by atoms with Gasteiger partial charge in [0, 0.05) is 11.3 Å². The summed E-state index contributed by atoms with van der Waals surface area (Å²) in [6.45, 7) is 2.72. The van der Waals surface area contributed by atoms with Crippen LogP contribution in [0.3, 0.4) is 0 Å². The van der Waals surface area contributed by atoms with E-state index in [0.29, 0.717) is 40.7 Å². The molecule has 1 heterocycles. The van der Waals surface area contributed by atoms with Crippen molar-refractivity contribution in [2.75, 3.05) is 11.5 Å². The third-order valence-corrected chi connectivity index (χ3v) is 6.89. The average Bonchev–Trinajstić information content (AvgIpc) is 3.26. The molecule has 4 aromatic carbocycles. The van der Waals surface area contributed by atoms with Gasteiger partial charge in [-0.3, -0.25) is 14.5 Å². The third kappa shape index (κ3) is 6.09. The summed E-state index contributed by atoms with van der Waals surface area (Å²) in [4.78, 5) is 28.2. The topological polar surface area (TPSA) is 96.3 Å². The van der Waals surface area contributed by atoms with Crippen molar-refractivity contribution in [3.63, 3.8) is 0 Å². The second-order valence-electron chi connectivity index (χ2n) is 9.75. The van der Waals surface area contributed by atoms with E-state index in [-0.39, 0.29) is 17.1 Å². The fraction of sp³-hybridized carbons (Fsp3) is 0.176. The van der Waals surface area contributed by atoms with Gasteiger partial charge >= 0.3 is 0 Å². The Bertz CT molecular complexity index is 1530. The Balaban J connectivity index is 1.49. The fourth-order valence-corrected chi connectivity index (χ4v) is 4.78. The van der Waals surface area contributed by atoms with Crippen molar-refractivity contribution in [1.82, 2.24) is 0 Å². The second kappa shape index (κ2) is 12.4. The average molecular weight is 550 g/mol. The predicted molar refractivity (Wildman–Crippen MR) is 157 cm³/mol. The number of hydrogen-bond donors (Lipinski definition) is 2. The molecule has 0 radical (unpaired) electrons. The summed E-state index contributed by atoms with van der Waals surface area (Å²) in [5.41, 5.74) is 1.37. The number of aliphatic hydroxyl groups excluding tert-OH is 1. The number of amides is 1. The zero-order valence-corrected chi connectivity index (χ0v) is 22.7. The number of unbranched alkanes of at least 4 members (excludes halogenated alkanes) is 2. The normalized spacial score (nSPS) is 16.1. The van der Waals surface area contributed by atoms with Crippen LogP contribution < -0.4 is 14.4 Å². The van der Waals surface area contributed by atoms with E-state index in [9.17, 15) is 19.8 Å². The summed E-state index contributed by atoms with van der Waals surface area (Å²) in [7, 11) is 0. The predicted octanol–water partition coefficient (Wildman–Crippen LogP) is 7.38. The Morgan fingerprint density at radius 3 is 2.07 bits per heavy atom. The molecule has 208 valence electrons. The van der Waals surface area contributed by atoms with E-state index in [1.54, 1.807) is 60.7 Å². The van der Waals surface area contributed by atoms with Crippen molar-refractivity contribution < 1.29 is 29.3 Å². The van der Waals surface area contributed by atoms with Gasteiger partial charge < -0.3 is 19.7 Å². The molecule has 1 atom stereocenters. The largest absolute Gasteiger partial charge is 0.508 e. The van der Waals surface area contributed by atoms with Crippen LogP contribution in [0, 0.1) is 0 Å².